The van der Waals surface area contributed by atoms with Gasteiger partial charge in [-0.3, -0.25) is 9.79 Å². The minimum Gasteiger partial charge on any atom is -0.468 e. The smallest absolute Gasteiger partial charge is 0.340 e. The van der Waals surface area contributed by atoms with Gasteiger partial charge in [-0.1, -0.05) is 23.2 Å². The van der Waals surface area contributed by atoms with Crippen molar-refractivity contribution in [2.45, 2.75) is 20.0 Å². The number of hydrogen-bond donors (Lipinski definition) is 0. The van der Waals surface area contributed by atoms with Crippen molar-refractivity contribution >= 4 is 47.0 Å². The fraction of sp³-hybridized carbons (Fsp3) is 0.333. The third kappa shape index (κ3) is 5.23. The summed E-state index contributed by atoms with van der Waals surface area (Å²) in [5.41, 5.74) is 0.186. The van der Waals surface area contributed by atoms with E-state index in [9.17, 15) is 9.59 Å². The van der Waals surface area contributed by atoms with E-state index in [2.05, 4.69) is 9.73 Å². The predicted molar refractivity (Wildman–Crippen MR) is 86.3 cm³/mol. The van der Waals surface area contributed by atoms with Gasteiger partial charge in [0.05, 0.1) is 35.6 Å². The molecule has 1 unspecified atom stereocenters. The topological polar surface area (TPSA) is 88.8 Å². The Bertz CT molecular complexity index is 681. The van der Waals surface area contributed by atoms with Crippen LogP contribution in [0.4, 0.5) is 5.69 Å². The Morgan fingerprint density at radius 2 is 2.00 bits per heavy atom. The van der Waals surface area contributed by atoms with Crippen LogP contribution in [0.2, 0.25) is 10.0 Å². The molecule has 0 heterocycles. The highest BCUT2D eigenvalue weighted by Gasteiger charge is 2.19. The zero-order valence-corrected chi connectivity index (χ0v) is 14.2. The van der Waals surface area contributed by atoms with Crippen LogP contribution >= 0.6 is 23.2 Å². The first-order valence-electron chi connectivity index (χ1n) is 6.51. The normalized spacial score (nSPS) is 12.0. The molecule has 6 nitrogen and oxygen atoms in total. The summed E-state index contributed by atoms with van der Waals surface area (Å²) in [4.78, 5) is 27.3. The maximum absolute atomic E-state index is 12.0. The molecule has 8 heteroatoms. The van der Waals surface area contributed by atoms with Gasteiger partial charge in [0, 0.05) is 11.2 Å². The Morgan fingerprint density at radius 1 is 1.35 bits per heavy atom. The maximum atomic E-state index is 12.0. The number of esters is 2. The lowest BCUT2D eigenvalue weighted by molar-refractivity contribution is -0.141. The van der Waals surface area contributed by atoms with Crippen molar-refractivity contribution in [2.24, 2.45) is 10.9 Å². The number of ether oxygens (including phenoxy) is 2. The molecule has 1 rings (SSSR count). The lowest BCUT2D eigenvalue weighted by Gasteiger charge is -2.11. The number of halogens is 2. The number of carbonyl (C=O) groups excluding carboxylic acids is 2. The van der Waals surface area contributed by atoms with Crippen LogP contribution in [0.25, 0.3) is 0 Å². The van der Waals surface area contributed by atoms with Gasteiger partial charge in [-0.25, -0.2) is 4.79 Å². The highest BCUT2D eigenvalue weighted by molar-refractivity contribution is 6.38. The van der Waals surface area contributed by atoms with E-state index in [1.807, 2.05) is 0 Å². The lowest BCUT2D eigenvalue weighted by atomic mass is 10.2. The first-order chi connectivity index (χ1) is 10.8. The molecule has 0 N–H and O–H groups in total. The molecule has 0 aromatic heterocycles. The molecule has 0 fully saturated rings. The molecule has 0 amide bonds. The second-order valence-electron chi connectivity index (χ2n) is 4.65. The molecule has 0 radical (unpaired) electrons. The fourth-order valence-electron chi connectivity index (χ4n) is 1.52. The van der Waals surface area contributed by atoms with Gasteiger partial charge in [0.1, 0.15) is 0 Å². The Labute approximate surface area is 143 Å². The predicted octanol–water partition coefficient (Wildman–Crippen LogP) is 3.57. The summed E-state index contributed by atoms with van der Waals surface area (Å²) in [5.74, 6) is -2.59. The largest absolute Gasteiger partial charge is 0.468 e. The molecule has 0 spiro atoms. The van der Waals surface area contributed by atoms with E-state index in [1.54, 1.807) is 19.9 Å². The Balaban J connectivity index is 3.18. The minimum absolute atomic E-state index is 0.0119. The van der Waals surface area contributed by atoms with Gasteiger partial charge in [-0.05, 0) is 26.0 Å². The molecule has 0 bridgehead atoms. The second kappa shape index (κ2) is 8.51. The maximum Gasteiger partial charge on any atom is 0.340 e. The van der Waals surface area contributed by atoms with Crippen LogP contribution in [0, 0.1) is 17.2 Å². The number of carbonyl (C=O) groups is 2. The van der Waals surface area contributed by atoms with Crippen molar-refractivity contribution < 1.29 is 19.1 Å². The van der Waals surface area contributed by atoms with Crippen LogP contribution < -0.4 is 0 Å². The average molecular weight is 357 g/mol. The number of hydrogen-bond acceptors (Lipinski definition) is 6. The molecule has 0 aliphatic rings. The van der Waals surface area contributed by atoms with Gasteiger partial charge in [0.25, 0.3) is 0 Å². The van der Waals surface area contributed by atoms with E-state index in [0.717, 1.165) is 13.3 Å². The van der Waals surface area contributed by atoms with E-state index in [-0.39, 0.29) is 27.4 Å². The number of nitrogens with zero attached hydrogens (tertiary/aromatic N) is 2. The van der Waals surface area contributed by atoms with E-state index < -0.39 is 17.9 Å². The van der Waals surface area contributed by atoms with Crippen LogP contribution in [0.5, 0.6) is 0 Å². The zero-order valence-electron chi connectivity index (χ0n) is 12.7. The van der Waals surface area contributed by atoms with Crippen LogP contribution in [-0.4, -0.2) is 31.4 Å². The standard InChI is InChI=1S/C15H14Cl2N2O4/c1-8(2)23-15(21)11-4-10(16)5-12(13(11)17)19-7-9(6-18)14(20)22-3/h4-5,7-9H,1-3H3. The minimum atomic E-state index is -1.19. The molecule has 1 aromatic carbocycles. The van der Waals surface area contributed by atoms with Crippen LogP contribution in [0.1, 0.15) is 24.2 Å². The molecule has 122 valence electrons. The average Bonchev–Trinajstić information content (AvgIpc) is 2.49. The zero-order chi connectivity index (χ0) is 17.6. The van der Waals surface area contributed by atoms with Gasteiger partial charge in [-0.15, -0.1) is 0 Å². The highest BCUT2D eigenvalue weighted by Crippen LogP contribution is 2.33. The van der Waals surface area contributed by atoms with Crippen LogP contribution in [-0.2, 0) is 14.3 Å². The highest BCUT2D eigenvalue weighted by atomic mass is 35.5. The van der Waals surface area contributed by atoms with E-state index in [4.69, 9.17) is 33.2 Å². The van der Waals surface area contributed by atoms with E-state index in [0.29, 0.717) is 0 Å². The van der Waals surface area contributed by atoms with E-state index >= 15 is 0 Å². The summed E-state index contributed by atoms with van der Waals surface area (Å²) in [7, 11) is 1.16. The summed E-state index contributed by atoms with van der Waals surface area (Å²) in [6, 6.07) is 4.49. The molecule has 1 atom stereocenters. The fourth-order valence-corrected chi connectivity index (χ4v) is 1.97. The van der Waals surface area contributed by atoms with Crippen molar-refractivity contribution in [3.63, 3.8) is 0 Å². The number of methoxy groups -OCH3 is 1. The summed E-state index contributed by atoms with van der Waals surface area (Å²) in [5, 5.41) is 9.12. The summed E-state index contributed by atoms with van der Waals surface area (Å²) in [6.07, 6.45) is 0.743. The summed E-state index contributed by atoms with van der Waals surface area (Å²) >= 11 is 12.1. The number of rotatable bonds is 5. The first-order valence-corrected chi connectivity index (χ1v) is 7.27. The Morgan fingerprint density at radius 3 is 2.52 bits per heavy atom. The van der Waals surface area contributed by atoms with Gasteiger partial charge in [0.2, 0.25) is 0 Å². The van der Waals surface area contributed by atoms with Crippen LogP contribution in [0.15, 0.2) is 17.1 Å². The quantitative estimate of drug-likeness (QED) is 0.594. The molecular formula is C15H14Cl2N2O4. The van der Waals surface area contributed by atoms with Crippen molar-refractivity contribution in [1.82, 2.24) is 0 Å². The number of benzene rings is 1. The number of aliphatic imine (C=N–C) groups is 1. The lowest BCUT2D eigenvalue weighted by Crippen LogP contribution is -2.15. The summed E-state index contributed by atoms with van der Waals surface area (Å²) < 4.78 is 9.53. The third-order valence-corrected chi connectivity index (χ3v) is 3.15. The molecule has 0 aliphatic heterocycles. The van der Waals surface area contributed by atoms with Gasteiger partial charge < -0.3 is 9.47 Å². The van der Waals surface area contributed by atoms with Crippen molar-refractivity contribution in [2.75, 3.05) is 7.11 Å². The third-order valence-electron chi connectivity index (χ3n) is 2.54. The van der Waals surface area contributed by atoms with Crippen LogP contribution in [0.3, 0.4) is 0 Å². The first kappa shape index (κ1) is 18.9. The Hall–Kier alpha value is -2.10. The second-order valence-corrected chi connectivity index (χ2v) is 5.46. The summed E-state index contributed by atoms with van der Waals surface area (Å²) in [6.45, 7) is 3.40. The van der Waals surface area contributed by atoms with Gasteiger partial charge in [0.15, 0.2) is 5.92 Å². The van der Waals surface area contributed by atoms with Crippen molar-refractivity contribution in [1.29, 1.82) is 5.26 Å². The van der Waals surface area contributed by atoms with E-state index in [1.165, 1.54) is 12.1 Å². The van der Waals surface area contributed by atoms with Crippen molar-refractivity contribution in [3.8, 4) is 6.07 Å². The number of nitriles is 1. The van der Waals surface area contributed by atoms with Crippen molar-refractivity contribution in [3.05, 3.63) is 27.7 Å². The molecule has 23 heavy (non-hydrogen) atoms. The molecular weight excluding hydrogens is 343 g/mol. The molecule has 0 saturated heterocycles. The molecule has 0 saturated carbocycles. The molecule has 1 aromatic rings. The monoisotopic (exact) mass is 356 g/mol. The van der Waals surface area contributed by atoms with Gasteiger partial charge >= 0.3 is 11.9 Å². The van der Waals surface area contributed by atoms with Gasteiger partial charge in [-0.2, -0.15) is 5.26 Å². The molecule has 0 aliphatic carbocycles. The SMILES string of the molecule is COC(=O)C(C#N)C=Nc1cc(Cl)cc(C(=O)OC(C)C)c1Cl. The Kier molecular flexibility index (Phi) is 7.01.